The third kappa shape index (κ3) is 2.29. The molecule has 0 atom stereocenters. The SMILES string of the molecule is CC(=O)OCc1cc(O)cc(O)c1O. The van der Waals surface area contributed by atoms with Gasteiger partial charge in [0.15, 0.2) is 11.5 Å². The number of hydrogen-bond donors (Lipinski definition) is 3. The fraction of sp³-hybridized carbons (Fsp3) is 0.222. The molecule has 0 fully saturated rings. The van der Waals surface area contributed by atoms with Gasteiger partial charge in [-0.1, -0.05) is 0 Å². The molecule has 0 saturated carbocycles. The van der Waals surface area contributed by atoms with E-state index in [2.05, 4.69) is 4.74 Å². The Bertz CT molecular complexity index is 358. The molecule has 3 N–H and O–H groups in total. The summed E-state index contributed by atoms with van der Waals surface area (Å²) in [6.07, 6.45) is 0. The summed E-state index contributed by atoms with van der Waals surface area (Å²) in [5, 5.41) is 27.5. The van der Waals surface area contributed by atoms with Crippen LogP contribution in [-0.4, -0.2) is 21.3 Å². The van der Waals surface area contributed by atoms with Crippen molar-refractivity contribution < 1.29 is 24.9 Å². The van der Waals surface area contributed by atoms with Crippen LogP contribution in [0.1, 0.15) is 12.5 Å². The van der Waals surface area contributed by atoms with E-state index in [1.165, 1.54) is 13.0 Å². The second kappa shape index (κ2) is 3.87. The number of ether oxygens (including phenoxy) is 1. The highest BCUT2D eigenvalue weighted by Crippen LogP contribution is 2.33. The number of phenols is 3. The van der Waals surface area contributed by atoms with Gasteiger partial charge in [0, 0.05) is 18.6 Å². The predicted octanol–water partition coefficient (Wildman–Crippen LogP) is 0.866. The molecule has 1 aromatic carbocycles. The van der Waals surface area contributed by atoms with Gasteiger partial charge in [-0.3, -0.25) is 4.79 Å². The van der Waals surface area contributed by atoms with Crippen molar-refractivity contribution in [1.29, 1.82) is 0 Å². The van der Waals surface area contributed by atoms with Crippen molar-refractivity contribution in [3.8, 4) is 17.2 Å². The van der Waals surface area contributed by atoms with Gasteiger partial charge in [0.25, 0.3) is 0 Å². The molecule has 14 heavy (non-hydrogen) atoms. The molecule has 0 radical (unpaired) electrons. The van der Waals surface area contributed by atoms with Crippen LogP contribution < -0.4 is 0 Å². The highest BCUT2D eigenvalue weighted by Gasteiger charge is 2.09. The van der Waals surface area contributed by atoms with Crippen molar-refractivity contribution in [3.05, 3.63) is 17.7 Å². The molecule has 0 saturated heterocycles. The van der Waals surface area contributed by atoms with E-state index in [9.17, 15) is 9.90 Å². The van der Waals surface area contributed by atoms with Crippen LogP contribution in [-0.2, 0) is 16.1 Å². The monoisotopic (exact) mass is 198 g/mol. The Morgan fingerprint density at radius 2 is 2.00 bits per heavy atom. The van der Waals surface area contributed by atoms with Crippen molar-refractivity contribution in [3.63, 3.8) is 0 Å². The van der Waals surface area contributed by atoms with E-state index in [-0.39, 0.29) is 17.9 Å². The normalized spacial score (nSPS) is 9.79. The molecule has 0 unspecified atom stereocenters. The van der Waals surface area contributed by atoms with Crippen LogP contribution in [0.5, 0.6) is 17.2 Å². The number of esters is 1. The second-order valence-electron chi connectivity index (χ2n) is 2.75. The lowest BCUT2D eigenvalue weighted by molar-refractivity contribution is -0.142. The predicted molar refractivity (Wildman–Crippen MR) is 46.9 cm³/mol. The summed E-state index contributed by atoms with van der Waals surface area (Å²) >= 11 is 0. The lowest BCUT2D eigenvalue weighted by Crippen LogP contribution is -1.98. The van der Waals surface area contributed by atoms with E-state index in [4.69, 9.17) is 10.2 Å². The molecule has 0 spiro atoms. The van der Waals surface area contributed by atoms with E-state index >= 15 is 0 Å². The van der Waals surface area contributed by atoms with Gasteiger partial charge in [-0.05, 0) is 6.07 Å². The maximum Gasteiger partial charge on any atom is 0.302 e. The van der Waals surface area contributed by atoms with Crippen molar-refractivity contribution in [2.24, 2.45) is 0 Å². The zero-order valence-corrected chi connectivity index (χ0v) is 7.52. The van der Waals surface area contributed by atoms with Gasteiger partial charge in [-0.2, -0.15) is 0 Å². The Balaban J connectivity index is 2.90. The fourth-order valence-electron chi connectivity index (χ4n) is 0.951. The summed E-state index contributed by atoms with van der Waals surface area (Å²) in [5.74, 6) is -1.56. The molecule has 0 aromatic heterocycles. The van der Waals surface area contributed by atoms with E-state index < -0.39 is 17.5 Å². The Kier molecular flexibility index (Phi) is 2.81. The Hall–Kier alpha value is -1.91. The minimum absolute atomic E-state index is 0.151. The van der Waals surface area contributed by atoms with Gasteiger partial charge >= 0.3 is 5.97 Å². The molecule has 0 aliphatic rings. The molecular formula is C9H10O5. The number of aromatic hydroxyl groups is 3. The molecule has 0 aliphatic heterocycles. The van der Waals surface area contributed by atoms with Crippen LogP contribution in [0.2, 0.25) is 0 Å². The van der Waals surface area contributed by atoms with E-state index in [0.717, 1.165) is 6.07 Å². The number of hydrogen-bond acceptors (Lipinski definition) is 5. The summed E-state index contributed by atoms with van der Waals surface area (Å²) in [6, 6.07) is 2.20. The quantitative estimate of drug-likeness (QED) is 0.373. The number of rotatable bonds is 2. The zero-order chi connectivity index (χ0) is 10.7. The molecule has 0 aliphatic carbocycles. The Labute approximate surface area is 80.2 Å². The fourth-order valence-corrected chi connectivity index (χ4v) is 0.951. The van der Waals surface area contributed by atoms with Crippen LogP contribution in [0.3, 0.4) is 0 Å². The third-order valence-corrected chi connectivity index (χ3v) is 1.58. The first-order valence-corrected chi connectivity index (χ1v) is 3.88. The zero-order valence-electron chi connectivity index (χ0n) is 7.52. The first-order chi connectivity index (χ1) is 6.50. The topological polar surface area (TPSA) is 87.0 Å². The van der Waals surface area contributed by atoms with Crippen LogP contribution in [0.4, 0.5) is 0 Å². The smallest absolute Gasteiger partial charge is 0.302 e. The van der Waals surface area contributed by atoms with Gasteiger partial charge in [0.2, 0.25) is 0 Å². The summed E-state index contributed by atoms with van der Waals surface area (Å²) in [5.41, 5.74) is 0.151. The summed E-state index contributed by atoms with van der Waals surface area (Å²) in [6.45, 7) is 1.03. The van der Waals surface area contributed by atoms with Crippen molar-refractivity contribution in [2.45, 2.75) is 13.5 Å². The number of carbonyl (C=O) groups excluding carboxylic acids is 1. The molecule has 5 heteroatoms. The molecule has 0 heterocycles. The van der Waals surface area contributed by atoms with Crippen LogP contribution >= 0.6 is 0 Å². The Morgan fingerprint density at radius 3 is 2.57 bits per heavy atom. The summed E-state index contributed by atoms with van der Waals surface area (Å²) in [7, 11) is 0. The molecular weight excluding hydrogens is 188 g/mol. The standard InChI is InChI=1S/C9H10O5/c1-5(10)14-4-6-2-7(11)3-8(12)9(6)13/h2-3,11-13H,4H2,1H3. The average Bonchev–Trinajstić information content (AvgIpc) is 2.08. The molecule has 1 aromatic rings. The molecule has 0 amide bonds. The van der Waals surface area contributed by atoms with Gasteiger partial charge in [-0.25, -0.2) is 0 Å². The molecule has 0 bridgehead atoms. The summed E-state index contributed by atoms with van der Waals surface area (Å²) in [4.78, 5) is 10.5. The molecule has 76 valence electrons. The highest BCUT2D eigenvalue weighted by atomic mass is 16.5. The Morgan fingerprint density at radius 1 is 1.36 bits per heavy atom. The van der Waals surface area contributed by atoms with Gasteiger partial charge in [0.1, 0.15) is 12.4 Å². The number of carbonyl (C=O) groups is 1. The van der Waals surface area contributed by atoms with Crippen molar-refractivity contribution >= 4 is 5.97 Å². The second-order valence-corrected chi connectivity index (χ2v) is 2.75. The number of phenolic OH excluding ortho intramolecular Hbond substituents is 3. The first-order valence-electron chi connectivity index (χ1n) is 3.88. The highest BCUT2D eigenvalue weighted by molar-refractivity contribution is 5.66. The molecule has 1 rings (SSSR count). The largest absolute Gasteiger partial charge is 0.508 e. The van der Waals surface area contributed by atoms with Crippen molar-refractivity contribution in [2.75, 3.05) is 0 Å². The number of benzene rings is 1. The van der Waals surface area contributed by atoms with E-state index in [1.807, 2.05) is 0 Å². The minimum Gasteiger partial charge on any atom is -0.508 e. The van der Waals surface area contributed by atoms with E-state index in [0.29, 0.717) is 0 Å². The van der Waals surface area contributed by atoms with E-state index in [1.54, 1.807) is 0 Å². The molecule has 5 nitrogen and oxygen atoms in total. The maximum absolute atomic E-state index is 10.5. The van der Waals surface area contributed by atoms with Crippen LogP contribution in [0, 0.1) is 0 Å². The van der Waals surface area contributed by atoms with Gasteiger partial charge < -0.3 is 20.1 Å². The maximum atomic E-state index is 10.5. The van der Waals surface area contributed by atoms with Crippen LogP contribution in [0.15, 0.2) is 12.1 Å². The van der Waals surface area contributed by atoms with Crippen LogP contribution in [0.25, 0.3) is 0 Å². The lowest BCUT2D eigenvalue weighted by Gasteiger charge is -2.06. The van der Waals surface area contributed by atoms with Crippen molar-refractivity contribution in [1.82, 2.24) is 0 Å². The van der Waals surface area contributed by atoms with Gasteiger partial charge in [-0.15, -0.1) is 0 Å². The first kappa shape index (κ1) is 10.2. The third-order valence-electron chi connectivity index (χ3n) is 1.58. The average molecular weight is 198 g/mol. The minimum atomic E-state index is -0.507. The lowest BCUT2D eigenvalue weighted by atomic mass is 10.2. The summed E-state index contributed by atoms with van der Waals surface area (Å²) < 4.78 is 4.60. The van der Waals surface area contributed by atoms with Gasteiger partial charge in [0.05, 0.1) is 0 Å².